The maximum absolute atomic E-state index is 13.1. The lowest BCUT2D eigenvalue weighted by atomic mass is 9.76. The van der Waals surface area contributed by atoms with Gasteiger partial charge in [0.1, 0.15) is 18.1 Å². The molecule has 2 N–H and O–H groups in total. The molecule has 4 rings (SSSR count). The molecular formula is C27H25N3O8. The minimum atomic E-state index is -1.03. The predicted octanol–water partition coefficient (Wildman–Crippen LogP) is 2.71. The van der Waals surface area contributed by atoms with E-state index in [2.05, 4.69) is 0 Å². The maximum Gasteiger partial charge on any atom is 0.363 e. The lowest BCUT2D eigenvalue weighted by Gasteiger charge is -2.50. The molecule has 38 heavy (non-hydrogen) atoms. The van der Waals surface area contributed by atoms with E-state index >= 15 is 0 Å². The number of allylic oxidation sites excluding steroid dienone is 2. The summed E-state index contributed by atoms with van der Waals surface area (Å²) in [6.07, 6.45) is 4.12. The molecule has 1 amide bonds. The number of ether oxygens (including phenoxy) is 2. The number of carbonyl (C=O) groups excluding carboxylic acids is 4. The molecule has 0 aliphatic carbocycles. The summed E-state index contributed by atoms with van der Waals surface area (Å²) >= 11 is 0. The summed E-state index contributed by atoms with van der Waals surface area (Å²) in [5.41, 5.74) is 5.68. The summed E-state index contributed by atoms with van der Waals surface area (Å²) < 4.78 is 10.5. The molecule has 2 aromatic rings. The Kier molecular flexibility index (Phi) is 8.07. The van der Waals surface area contributed by atoms with E-state index in [1.807, 2.05) is 6.07 Å². The van der Waals surface area contributed by atoms with Crippen LogP contribution in [0.4, 0.5) is 5.69 Å². The van der Waals surface area contributed by atoms with Crippen LogP contribution in [0.15, 0.2) is 78.0 Å². The molecule has 0 unspecified atom stereocenters. The minimum Gasteiger partial charge on any atom is -0.486 e. The Balaban J connectivity index is 1.46. The molecule has 0 radical (unpaired) electrons. The van der Waals surface area contributed by atoms with Gasteiger partial charge in [0.2, 0.25) is 5.91 Å². The van der Waals surface area contributed by atoms with E-state index in [0.29, 0.717) is 24.2 Å². The van der Waals surface area contributed by atoms with Crippen LogP contribution in [-0.4, -0.2) is 52.6 Å². The number of rotatable bonds is 10. The molecule has 2 aliphatic heterocycles. The summed E-state index contributed by atoms with van der Waals surface area (Å²) in [5, 5.41) is 10.8. The number of hydrogen-bond acceptors (Lipinski definition) is 9. The third kappa shape index (κ3) is 5.68. The zero-order valence-electron chi connectivity index (χ0n) is 20.3. The Morgan fingerprint density at radius 2 is 1.79 bits per heavy atom. The summed E-state index contributed by atoms with van der Waals surface area (Å²) in [6, 6.07) is 13.0. The van der Waals surface area contributed by atoms with E-state index in [-0.39, 0.29) is 42.3 Å². The second-order valence-electron chi connectivity index (χ2n) is 8.76. The van der Waals surface area contributed by atoms with E-state index in [0.717, 1.165) is 12.1 Å². The zero-order valence-corrected chi connectivity index (χ0v) is 20.3. The number of fused-ring (bicyclic) bond motifs is 1. The van der Waals surface area contributed by atoms with Crippen LogP contribution in [0.25, 0.3) is 0 Å². The largest absolute Gasteiger partial charge is 0.486 e. The van der Waals surface area contributed by atoms with Crippen molar-refractivity contribution in [2.45, 2.75) is 25.3 Å². The average molecular weight is 520 g/mol. The van der Waals surface area contributed by atoms with Gasteiger partial charge in [0.15, 0.2) is 5.78 Å². The van der Waals surface area contributed by atoms with Gasteiger partial charge in [-0.3, -0.25) is 19.7 Å². The highest BCUT2D eigenvalue weighted by Crippen LogP contribution is 2.42. The lowest BCUT2D eigenvalue weighted by molar-refractivity contribution is -0.384. The van der Waals surface area contributed by atoms with Gasteiger partial charge in [0.05, 0.1) is 16.4 Å². The van der Waals surface area contributed by atoms with Gasteiger partial charge < -0.3 is 20.1 Å². The maximum atomic E-state index is 13.1. The highest BCUT2D eigenvalue weighted by atomic mass is 16.6. The number of amides is 1. The molecule has 2 heterocycles. The van der Waals surface area contributed by atoms with Gasteiger partial charge in [-0.2, -0.15) is 0 Å². The van der Waals surface area contributed by atoms with Crippen LogP contribution in [0.3, 0.4) is 0 Å². The molecule has 0 aromatic heterocycles. The zero-order chi connectivity index (χ0) is 27.2. The standard InChI is InChI=1S/C27H25N3O8/c28-14-4-5-17-10-13-23-22(15-20(31)16-37-21-6-2-1-3-7-21)25(32)29(23)24(17)27(34)38-26(33)18-8-11-19(12-9-18)30(35)36/h1-9,11-12,22-23H,10,13-16,28H2/b5-4+/t22-,23+/m0/s1. The van der Waals surface area contributed by atoms with Crippen molar-refractivity contribution >= 4 is 29.3 Å². The van der Waals surface area contributed by atoms with Crippen LogP contribution in [0.1, 0.15) is 29.6 Å². The highest BCUT2D eigenvalue weighted by Gasteiger charge is 2.53. The molecule has 196 valence electrons. The Morgan fingerprint density at radius 3 is 2.45 bits per heavy atom. The second kappa shape index (κ2) is 11.6. The third-order valence-electron chi connectivity index (χ3n) is 6.34. The number of nitro groups is 1. The lowest BCUT2D eigenvalue weighted by Crippen LogP contribution is -2.63. The number of benzene rings is 2. The molecule has 2 aliphatic rings. The van der Waals surface area contributed by atoms with Gasteiger partial charge in [-0.15, -0.1) is 0 Å². The van der Waals surface area contributed by atoms with E-state index in [4.69, 9.17) is 15.2 Å². The number of hydrogen-bond donors (Lipinski definition) is 1. The van der Waals surface area contributed by atoms with Crippen molar-refractivity contribution in [2.24, 2.45) is 11.7 Å². The Morgan fingerprint density at radius 1 is 1.08 bits per heavy atom. The van der Waals surface area contributed by atoms with Gasteiger partial charge >= 0.3 is 11.9 Å². The van der Waals surface area contributed by atoms with Crippen LogP contribution >= 0.6 is 0 Å². The monoisotopic (exact) mass is 519 g/mol. The Labute approximate surface area is 217 Å². The van der Waals surface area contributed by atoms with Crippen molar-refractivity contribution < 1.29 is 33.6 Å². The highest BCUT2D eigenvalue weighted by molar-refractivity contribution is 6.06. The fraction of sp³-hybridized carbons (Fsp3) is 0.259. The van der Waals surface area contributed by atoms with Gasteiger partial charge in [0.25, 0.3) is 5.69 Å². The fourth-order valence-electron chi connectivity index (χ4n) is 4.51. The van der Waals surface area contributed by atoms with Crippen molar-refractivity contribution in [3.05, 3.63) is 93.7 Å². The molecule has 2 aromatic carbocycles. The van der Waals surface area contributed by atoms with Gasteiger partial charge in [-0.1, -0.05) is 30.4 Å². The van der Waals surface area contributed by atoms with Crippen LogP contribution in [0.2, 0.25) is 0 Å². The molecule has 11 nitrogen and oxygen atoms in total. The SMILES string of the molecule is NC/C=C/C1=C(C(=O)OC(=O)c2ccc([N+](=O)[O-])cc2)N2C(=O)[C@@H](CC(=O)COc3ccccc3)[C@H]2CC1. The molecule has 0 spiro atoms. The summed E-state index contributed by atoms with van der Waals surface area (Å²) in [5.74, 6) is -2.78. The molecule has 1 fully saturated rings. The number of β-lactam (4-membered cyclic amide) rings is 1. The smallest absolute Gasteiger partial charge is 0.363 e. The van der Waals surface area contributed by atoms with Gasteiger partial charge in [0, 0.05) is 31.1 Å². The number of para-hydroxylation sites is 1. The molecular weight excluding hydrogens is 494 g/mol. The molecule has 0 saturated carbocycles. The molecule has 11 heteroatoms. The predicted molar refractivity (Wildman–Crippen MR) is 134 cm³/mol. The van der Waals surface area contributed by atoms with E-state index in [1.54, 1.807) is 36.4 Å². The number of Topliss-reactive ketones (excluding diaryl/α,β-unsaturated/α-hetero) is 1. The average Bonchev–Trinajstić information content (AvgIpc) is 2.93. The van der Waals surface area contributed by atoms with Crippen molar-refractivity contribution in [3.8, 4) is 5.75 Å². The topological polar surface area (TPSA) is 159 Å². The molecule has 2 atom stereocenters. The minimum absolute atomic E-state index is 0.0368. The molecule has 0 bridgehead atoms. The number of nitro benzene ring substituents is 1. The Bertz CT molecular complexity index is 1320. The first kappa shape index (κ1) is 26.4. The van der Waals surface area contributed by atoms with Crippen molar-refractivity contribution in [2.75, 3.05) is 13.2 Å². The second-order valence-corrected chi connectivity index (χ2v) is 8.76. The van der Waals surface area contributed by atoms with Crippen LogP contribution < -0.4 is 10.5 Å². The molecule has 1 saturated heterocycles. The van der Waals surface area contributed by atoms with E-state index in [9.17, 15) is 29.3 Å². The third-order valence-corrected chi connectivity index (χ3v) is 6.34. The van der Waals surface area contributed by atoms with Crippen molar-refractivity contribution in [1.82, 2.24) is 4.90 Å². The number of non-ortho nitro benzene ring substituents is 1. The summed E-state index contributed by atoms with van der Waals surface area (Å²) in [6.45, 7) is 0.0168. The normalized spacial score (nSPS) is 18.6. The first-order valence-corrected chi connectivity index (χ1v) is 11.9. The number of carbonyl (C=O) groups is 4. The van der Waals surface area contributed by atoms with Crippen molar-refractivity contribution in [1.29, 1.82) is 0 Å². The Hall–Kier alpha value is -4.64. The van der Waals surface area contributed by atoms with E-state index < -0.39 is 34.7 Å². The van der Waals surface area contributed by atoms with Crippen molar-refractivity contribution in [3.63, 3.8) is 0 Å². The van der Waals surface area contributed by atoms with Crippen LogP contribution in [0.5, 0.6) is 5.75 Å². The number of nitrogens with two attached hydrogens (primary N) is 1. The summed E-state index contributed by atoms with van der Waals surface area (Å²) in [7, 11) is 0. The van der Waals surface area contributed by atoms with Gasteiger partial charge in [-0.25, -0.2) is 9.59 Å². The fourth-order valence-corrected chi connectivity index (χ4v) is 4.51. The number of esters is 2. The first-order valence-electron chi connectivity index (χ1n) is 11.9. The quantitative estimate of drug-likeness (QED) is 0.164. The van der Waals surface area contributed by atoms with Crippen LogP contribution in [-0.2, 0) is 19.1 Å². The number of nitrogens with zero attached hydrogens (tertiary/aromatic N) is 2. The van der Waals surface area contributed by atoms with Gasteiger partial charge in [-0.05, 0) is 42.7 Å². The summed E-state index contributed by atoms with van der Waals surface area (Å²) in [4.78, 5) is 62.8. The number of ketones is 1. The first-order chi connectivity index (χ1) is 18.3. The van der Waals surface area contributed by atoms with Crippen LogP contribution in [0, 0.1) is 16.0 Å². The van der Waals surface area contributed by atoms with E-state index in [1.165, 1.54) is 17.0 Å².